The van der Waals surface area contributed by atoms with E-state index in [0.717, 1.165) is 18.7 Å². The van der Waals surface area contributed by atoms with Crippen LogP contribution in [0, 0.1) is 0 Å². The molecule has 0 bridgehead atoms. The van der Waals surface area contributed by atoms with Crippen molar-refractivity contribution in [3.8, 4) is 0 Å². The predicted molar refractivity (Wildman–Crippen MR) is 55.2 cm³/mol. The second-order valence-electron chi connectivity index (χ2n) is 3.15. The lowest BCUT2D eigenvalue weighted by molar-refractivity contribution is 0.0333. The molecule has 0 radical (unpaired) electrons. The van der Waals surface area contributed by atoms with E-state index in [4.69, 9.17) is 19.7 Å². The Bertz CT molecular complexity index is 263. The summed E-state index contributed by atoms with van der Waals surface area (Å²) in [6.07, 6.45) is 1.03. The summed E-state index contributed by atoms with van der Waals surface area (Å²) in [5.74, 6) is 0.700. The van der Waals surface area contributed by atoms with Crippen molar-refractivity contribution in [1.82, 2.24) is 5.16 Å². The van der Waals surface area contributed by atoms with Gasteiger partial charge in [-0.3, -0.25) is 0 Å². The van der Waals surface area contributed by atoms with E-state index in [-0.39, 0.29) is 0 Å². The van der Waals surface area contributed by atoms with Gasteiger partial charge in [-0.2, -0.15) is 0 Å². The second-order valence-corrected chi connectivity index (χ2v) is 3.15. The first-order chi connectivity index (χ1) is 7.36. The van der Waals surface area contributed by atoms with Crippen molar-refractivity contribution in [3.05, 3.63) is 17.5 Å². The van der Waals surface area contributed by atoms with Gasteiger partial charge in [0.15, 0.2) is 5.76 Å². The van der Waals surface area contributed by atoms with Crippen molar-refractivity contribution in [3.63, 3.8) is 0 Å². The molecule has 0 atom stereocenters. The van der Waals surface area contributed by atoms with Gasteiger partial charge in [0.1, 0.15) is 6.61 Å². The number of nitrogens with two attached hydrogens (primary N) is 1. The molecular weight excluding hydrogens is 196 g/mol. The molecule has 5 nitrogen and oxygen atoms in total. The Morgan fingerprint density at radius 3 is 2.80 bits per heavy atom. The van der Waals surface area contributed by atoms with Crippen LogP contribution in [0.3, 0.4) is 0 Å². The summed E-state index contributed by atoms with van der Waals surface area (Å²) in [5, 5.41) is 3.75. The zero-order valence-electron chi connectivity index (χ0n) is 9.07. The molecule has 0 aliphatic rings. The molecule has 5 heteroatoms. The first-order valence-electron chi connectivity index (χ1n) is 5.16. The molecule has 0 amide bonds. The monoisotopic (exact) mass is 214 g/mol. The van der Waals surface area contributed by atoms with Gasteiger partial charge in [0.2, 0.25) is 0 Å². The smallest absolute Gasteiger partial charge is 0.162 e. The third kappa shape index (κ3) is 4.92. The van der Waals surface area contributed by atoms with E-state index in [1.54, 1.807) is 6.07 Å². The predicted octanol–water partition coefficient (Wildman–Crippen LogP) is 1.08. The van der Waals surface area contributed by atoms with Crippen LogP contribution in [0.4, 0.5) is 0 Å². The maximum atomic E-state index is 5.39. The number of rotatable bonds is 8. The van der Waals surface area contributed by atoms with Gasteiger partial charge in [-0.25, -0.2) is 0 Å². The summed E-state index contributed by atoms with van der Waals surface area (Å²) >= 11 is 0. The van der Waals surface area contributed by atoms with E-state index in [1.807, 2.05) is 0 Å². The minimum Gasteiger partial charge on any atom is -0.379 e. The van der Waals surface area contributed by atoms with Gasteiger partial charge in [0, 0.05) is 19.2 Å². The third-order valence-electron chi connectivity index (χ3n) is 1.78. The Kier molecular flexibility index (Phi) is 5.99. The molecule has 1 heterocycles. The Labute approximate surface area is 89.5 Å². The van der Waals surface area contributed by atoms with Crippen LogP contribution in [-0.2, 0) is 22.6 Å². The SMILES string of the molecule is CCCOCCOCc1cc(CN)no1. The van der Waals surface area contributed by atoms with E-state index in [1.165, 1.54) is 0 Å². The van der Waals surface area contributed by atoms with Gasteiger partial charge < -0.3 is 19.7 Å². The summed E-state index contributed by atoms with van der Waals surface area (Å²) in [6.45, 7) is 4.85. The quantitative estimate of drug-likeness (QED) is 0.655. The van der Waals surface area contributed by atoms with Crippen LogP contribution in [0.1, 0.15) is 24.8 Å². The van der Waals surface area contributed by atoms with Gasteiger partial charge in [-0.05, 0) is 6.42 Å². The van der Waals surface area contributed by atoms with Gasteiger partial charge in [0.25, 0.3) is 0 Å². The van der Waals surface area contributed by atoms with Gasteiger partial charge >= 0.3 is 0 Å². The number of hydrogen-bond donors (Lipinski definition) is 1. The topological polar surface area (TPSA) is 70.5 Å². The highest BCUT2D eigenvalue weighted by Crippen LogP contribution is 2.04. The molecule has 1 aromatic rings. The largest absolute Gasteiger partial charge is 0.379 e. The maximum absolute atomic E-state index is 5.39. The van der Waals surface area contributed by atoms with Crippen LogP contribution < -0.4 is 5.73 Å². The molecule has 86 valence electrons. The molecule has 1 rings (SSSR count). The van der Waals surface area contributed by atoms with Gasteiger partial charge in [0.05, 0.1) is 18.9 Å². The van der Waals surface area contributed by atoms with Crippen LogP contribution in [0.2, 0.25) is 0 Å². The van der Waals surface area contributed by atoms with Crippen LogP contribution in [0.5, 0.6) is 0 Å². The highest BCUT2D eigenvalue weighted by molar-refractivity contribution is 5.03. The molecule has 0 saturated heterocycles. The summed E-state index contributed by atoms with van der Waals surface area (Å²) in [7, 11) is 0. The zero-order chi connectivity index (χ0) is 10.9. The Balaban J connectivity index is 2.04. The summed E-state index contributed by atoms with van der Waals surface area (Å²) in [5.41, 5.74) is 6.14. The number of hydrogen-bond acceptors (Lipinski definition) is 5. The van der Waals surface area contributed by atoms with Crippen LogP contribution >= 0.6 is 0 Å². The van der Waals surface area contributed by atoms with Gasteiger partial charge in [-0.15, -0.1) is 0 Å². The fourth-order valence-corrected chi connectivity index (χ4v) is 1.06. The minimum atomic E-state index is 0.392. The van der Waals surface area contributed by atoms with Crippen molar-refractivity contribution in [1.29, 1.82) is 0 Å². The average Bonchev–Trinajstić information content (AvgIpc) is 2.71. The highest BCUT2D eigenvalue weighted by atomic mass is 16.5. The zero-order valence-corrected chi connectivity index (χ0v) is 9.07. The fourth-order valence-electron chi connectivity index (χ4n) is 1.06. The fraction of sp³-hybridized carbons (Fsp3) is 0.700. The summed E-state index contributed by atoms with van der Waals surface area (Å²) in [4.78, 5) is 0. The highest BCUT2D eigenvalue weighted by Gasteiger charge is 2.01. The molecular formula is C10H18N2O3. The molecule has 0 unspecified atom stereocenters. The average molecular weight is 214 g/mol. The Morgan fingerprint density at radius 1 is 1.33 bits per heavy atom. The molecule has 2 N–H and O–H groups in total. The molecule has 0 spiro atoms. The summed E-state index contributed by atoms with van der Waals surface area (Å²) in [6, 6.07) is 1.80. The maximum Gasteiger partial charge on any atom is 0.162 e. The third-order valence-corrected chi connectivity index (χ3v) is 1.78. The Hall–Kier alpha value is -0.910. The number of aromatic nitrogens is 1. The van der Waals surface area contributed by atoms with Crippen LogP contribution in [0.15, 0.2) is 10.6 Å². The van der Waals surface area contributed by atoms with Crippen LogP contribution in [-0.4, -0.2) is 25.0 Å². The molecule has 0 saturated carbocycles. The molecule has 0 aromatic carbocycles. The lowest BCUT2D eigenvalue weighted by Gasteiger charge is -2.02. The van der Waals surface area contributed by atoms with Crippen molar-refractivity contribution < 1.29 is 14.0 Å². The van der Waals surface area contributed by atoms with E-state index >= 15 is 0 Å². The first kappa shape index (κ1) is 12.2. The molecule has 0 aliphatic carbocycles. The second kappa shape index (κ2) is 7.39. The standard InChI is InChI=1S/C10H18N2O3/c1-2-3-13-4-5-14-8-10-6-9(7-11)12-15-10/h6H,2-5,7-8,11H2,1H3. The van der Waals surface area contributed by atoms with Crippen molar-refractivity contribution in [2.75, 3.05) is 19.8 Å². The molecule has 1 aromatic heterocycles. The van der Waals surface area contributed by atoms with E-state index in [9.17, 15) is 0 Å². The molecule has 0 aliphatic heterocycles. The first-order valence-corrected chi connectivity index (χ1v) is 5.16. The molecule has 15 heavy (non-hydrogen) atoms. The number of nitrogens with zero attached hydrogens (tertiary/aromatic N) is 1. The van der Waals surface area contributed by atoms with E-state index in [2.05, 4.69) is 12.1 Å². The lowest BCUT2D eigenvalue weighted by atomic mass is 10.4. The van der Waals surface area contributed by atoms with E-state index in [0.29, 0.717) is 32.1 Å². The molecule has 0 fully saturated rings. The van der Waals surface area contributed by atoms with Crippen LogP contribution in [0.25, 0.3) is 0 Å². The van der Waals surface area contributed by atoms with Crippen molar-refractivity contribution >= 4 is 0 Å². The minimum absolute atomic E-state index is 0.392. The van der Waals surface area contributed by atoms with Gasteiger partial charge in [-0.1, -0.05) is 12.1 Å². The number of ether oxygens (including phenoxy) is 2. The lowest BCUT2D eigenvalue weighted by Crippen LogP contribution is -2.04. The van der Waals surface area contributed by atoms with Crippen molar-refractivity contribution in [2.45, 2.75) is 26.5 Å². The Morgan fingerprint density at radius 2 is 2.13 bits per heavy atom. The summed E-state index contributed by atoms with van der Waals surface area (Å²) < 4.78 is 15.6. The van der Waals surface area contributed by atoms with E-state index < -0.39 is 0 Å². The van der Waals surface area contributed by atoms with Crippen molar-refractivity contribution in [2.24, 2.45) is 5.73 Å². The normalized spacial score (nSPS) is 10.8.